The van der Waals surface area contributed by atoms with Crippen LogP contribution in [-0.2, 0) is 14.2 Å². The molecule has 0 radical (unpaired) electrons. The monoisotopic (exact) mass is 408 g/mol. The van der Waals surface area contributed by atoms with Crippen LogP contribution in [0.5, 0.6) is 0 Å². The molecule has 3 aromatic rings. The van der Waals surface area contributed by atoms with E-state index < -0.39 is 12.2 Å². The largest absolute Gasteiger partial charge is 0.447 e. The lowest BCUT2D eigenvalue weighted by Gasteiger charge is -2.14. The van der Waals surface area contributed by atoms with Crippen LogP contribution in [0.2, 0.25) is 0 Å². The summed E-state index contributed by atoms with van der Waals surface area (Å²) in [5.74, 6) is 0. The molecular weight excluding hydrogens is 384 g/mol. The number of nitrogens with one attached hydrogen (secondary N) is 2. The van der Waals surface area contributed by atoms with Gasteiger partial charge in [0, 0.05) is 11.1 Å². The number of carbonyl (C=O) groups excluding carboxylic acids is 2. The summed E-state index contributed by atoms with van der Waals surface area (Å²) >= 11 is 0. The Hall–Kier alpha value is -3.58. The number of carbonyl (C=O) groups is 2. The van der Waals surface area contributed by atoms with E-state index in [9.17, 15) is 9.59 Å². The molecule has 2 amide bonds. The fourth-order valence-electron chi connectivity index (χ4n) is 2.78. The summed E-state index contributed by atoms with van der Waals surface area (Å²) in [4.78, 5) is 23.8. The van der Waals surface area contributed by atoms with E-state index in [-0.39, 0.29) is 25.9 Å². The van der Waals surface area contributed by atoms with Gasteiger partial charge in [-0.25, -0.2) is 9.59 Å². The molecule has 0 heterocycles. The van der Waals surface area contributed by atoms with E-state index in [1.807, 2.05) is 60.7 Å². The lowest BCUT2D eigenvalue weighted by atomic mass is 10.1. The van der Waals surface area contributed by atoms with Crippen LogP contribution in [0.4, 0.5) is 21.0 Å². The van der Waals surface area contributed by atoms with Gasteiger partial charge >= 0.3 is 12.2 Å². The molecule has 0 aliphatic carbocycles. The van der Waals surface area contributed by atoms with E-state index >= 15 is 0 Å². The van der Waals surface area contributed by atoms with Gasteiger partial charge in [-0.3, -0.25) is 10.6 Å². The maximum atomic E-state index is 12.1. The summed E-state index contributed by atoms with van der Waals surface area (Å²) in [6.45, 7) is 2.13. The van der Waals surface area contributed by atoms with Crippen LogP contribution in [0.25, 0.3) is 10.8 Å². The molecule has 2 N–H and O–H groups in total. The summed E-state index contributed by atoms with van der Waals surface area (Å²) in [5.41, 5.74) is 1.34. The molecule has 1 atom stereocenters. The van der Waals surface area contributed by atoms with Gasteiger partial charge in [0.2, 0.25) is 0 Å². The molecule has 0 bridgehead atoms. The van der Waals surface area contributed by atoms with E-state index in [4.69, 9.17) is 14.2 Å². The van der Waals surface area contributed by atoms with Gasteiger partial charge in [0.15, 0.2) is 0 Å². The number of ether oxygens (including phenoxy) is 3. The highest BCUT2D eigenvalue weighted by Gasteiger charge is 2.10. The standard InChI is InChI=1S/C23H24N2O5/c1-17(28-14-15-29-22(26)24-19-10-3-2-4-11-19)16-30-23(27)25-21-13-7-9-18-8-5-6-12-20(18)21/h2-13,17H,14-16H2,1H3,(H,24,26)(H,25,27). The van der Waals surface area contributed by atoms with Crippen molar-refractivity contribution in [2.75, 3.05) is 30.5 Å². The van der Waals surface area contributed by atoms with Crippen LogP contribution in [0.1, 0.15) is 6.92 Å². The first-order chi connectivity index (χ1) is 14.6. The minimum absolute atomic E-state index is 0.0762. The van der Waals surface area contributed by atoms with Crippen molar-refractivity contribution in [1.82, 2.24) is 0 Å². The van der Waals surface area contributed by atoms with Crippen molar-refractivity contribution < 1.29 is 23.8 Å². The van der Waals surface area contributed by atoms with Gasteiger partial charge in [0.05, 0.1) is 18.4 Å². The third-order valence-corrected chi connectivity index (χ3v) is 4.21. The van der Waals surface area contributed by atoms with Crippen molar-refractivity contribution >= 4 is 34.3 Å². The predicted molar refractivity (Wildman–Crippen MR) is 116 cm³/mol. The molecule has 7 heteroatoms. The van der Waals surface area contributed by atoms with Crippen molar-refractivity contribution in [2.24, 2.45) is 0 Å². The van der Waals surface area contributed by atoms with Crippen LogP contribution in [0.3, 0.4) is 0 Å². The molecular formula is C23H24N2O5. The number of rotatable bonds is 8. The number of hydrogen-bond donors (Lipinski definition) is 2. The Morgan fingerprint density at radius 2 is 1.50 bits per heavy atom. The zero-order chi connectivity index (χ0) is 21.2. The summed E-state index contributed by atoms with van der Waals surface area (Å²) in [5, 5.41) is 7.33. The number of fused-ring (bicyclic) bond motifs is 1. The number of amides is 2. The quantitative estimate of drug-likeness (QED) is 0.510. The second-order valence-corrected chi connectivity index (χ2v) is 6.56. The van der Waals surface area contributed by atoms with Gasteiger partial charge < -0.3 is 14.2 Å². The van der Waals surface area contributed by atoms with Gasteiger partial charge in [0.1, 0.15) is 13.2 Å². The lowest BCUT2D eigenvalue weighted by Crippen LogP contribution is -2.24. The molecule has 3 rings (SSSR count). The summed E-state index contributed by atoms with van der Waals surface area (Å²) in [7, 11) is 0. The average molecular weight is 408 g/mol. The summed E-state index contributed by atoms with van der Waals surface area (Å²) < 4.78 is 15.8. The van der Waals surface area contributed by atoms with Crippen molar-refractivity contribution in [3.05, 3.63) is 72.8 Å². The highest BCUT2D eigenvalue weighted by molar-refractivity contribution is 6.00. The molecule has 0 fully saturated rings. The summed E-state index contributed by atoms with van der Waals surface area (Å²) in [6, 6.07) is 22.5. The first kappa shape index (κ1) is 21.1. The van der Waals surface area contributed by atoms with E-state index in [2.05, 4.69) is 10.6 Å². The molecule has 1 unspecified atom stereocenters. The number of hydrogen-bond acceptors (Lipinski definition) is 5. The number of benzene rings is 3. The molecule has 0 saturated heterocycles. The molecule has 0 spiro atoms. The maximum absolute atomic E-state index is 12.1. The Balaban J connectivity index is 1.33. The van der Waals surface area contributed by atoms with Gasteiger partial charge in [-0.2, -0.15) is 0 Å². The predicted octanol–water partition coefficient (Wildman–Crippen LogP) is 5.04. The Labute approximate surface area is 174 Å². The Bertz CT molecular complexity index is 972. The van der Waals surface area contributed by atoms with Crippen LogP contribution in [0, 0.1) is 0 Å². The third kappa shape index (κ3) is 6.49. The van der Waals surface area contributed by atoms with Crippen LogP contribution in [0.15, 0.2) is 72.8 Å². The fraction of sp³-hybridized carbons (Fsp3) is 0.217. The summed E-state index contributed by atoms with van der Waals surface area (Å²) in [6.07, 6.45) is -1.45. The van der Waals surface area contributed by atoms with Gasteiger partial charge in [-0.1, -0.05) is 54.6 Å². The average Bonchev–Trinajstić information content (AvgIpc) is 2.76. The number of para-hydroxylation sites is 1. The molecule has 30 heavy (non-hydrogen) atoms. The third-order valence-electron chi connectivity index (χ3n) is 4.21. The van der Waals surface area contributed by atoms with Crippen molar-refractivity contribution in [3.63, 3.8) is 0 Å². The molecule has 0 aromatic heterocycles. The Morgan fingerprint density at radius 3 is 2.33 bits per heavy atom. The highest BCUT2D eigenvalue weighted by Crippen LogP contribution is 2.23. The van der Waals surface area contributed by atoms with Crippen molar-refractivity contribution in [2.45, 2.75) is 13.0 Å². The Morgan fingerprint density at radius 1 is 0.800 bits per heavy atom. The van der Waals surface area contributed by atoms with E-state index in [0.717, 1.165) is 10.8 Å². The first-order valence-corrected chi connectivity index (χ1v) is 9.64. The van der Waals surface area contributed by atoms with Crippen LogP contribution < -0.4 is 10.6 Å². The normalized spacial score (nSPS) is 11.5. The minimum atomic E-state index is -0.555. The van der Waals surface area contributed by atoms with E-state index in [1.54, 1.807) is 19.1 Å². The van der Waals surface area contributed by atoms with Crippen molar-refractivity contribution in [1.29, 1.82) is 0 Å². The molecule has 156 valence electrons. The second-order valence-electron chi connectivity index (χ2n) is 6.56. The number of anilines is 2. The lowest BCUT2D eigenvalue weighted by molar-refractivity contribution is 0.000892. The molecule has 3 aromatic carbocycles. The van der Waals surface area contributed by atoms with E-state index in [1.165, 1.54) is 0 Å². The van der Waals surface area contributed by atoms with Gasteiger partial charge in [-0.15, -0.1) is 0 Å². The topological polar surface area (TPSA) is 85.9 Å². The SMILES string of the molecule is CC(COC(=O)Nc1cccc2ccccc12)OCCOC(=O)Nc1ccccc1. The highest BCUT2D eigenvalue weighted by atomic mass is 16.6. The van der Waals surface area contributed by atoms with Crippen molar-refractivity contribution in [3.8, 4) is 0 Å². The van der Waals surface area contributed by atoms with E-state index in [0.29, 0.717) is 11.4 Å². The minimum Gasteiger partial charge on any atom is -0.447 e. The maximum Gasteiger partial charge on any atom is 0.411 e. The second kappa shape index (κ2) is 10.8. The zero-order valence-electron chi connectivity index (χ0n) is 16.7. The van der Waals surface area contributed by atoms with Gasteiger partial charge in [0.25, 0.3) is 0 Å². The van der Waals surface area contributed by atoms with Gasteiger partial charge in [-0.05, 0) is 30.5 Å². The van der Waals surface area contributed by atoms with Crippen LogP contribution >= 0.6 is 0 Å². The molecule has 0 saturated carbocycles. The zero-order valence-corrected chi connectivity index (χ0v) is 16.7. The molecule has 7 nitrogen and oxygen atoms in total. The van der Waals surface area contributed by atoms with Crippen LogP contribution in [-0.4, -0.2) is 38.1 Å². The fourth-order valence-corrected chi connectivity index (χ4v) is 2.78. The molecule has 0 aliphatic rings. The molecule has 0 aliphatic heterocycles. The smallest absolute Gasteiger partial charge is 0.411 e. The first-order valence-electron chi connectivity index (χ1n) is 9.64. The Kier molecular flexibility index (Phi) is 7.63.